The van der Waals surface area contributed by atoms with Gasteiger partial charge in [0.1, 0.15) is 6.04 Å². The fourth-order valence-corrected chi connectivity index (χ4v) is 3.53. The fraction of sp³-hybridized carbons (Fsp3) is 0.136. The van der Waals surface area contributed by atoms with Crippen LogP contribution in [0.15, 0.2) is 72.8 Å². The smallest absolute Gasteiger partial charge is 0.326 e. The Morgan fingerprint density at radius 1 is 0.920 bits per heavy atom. The van der Waals surface area contributed by atoms with E-state index in [4.69, 9.17) is 0 Å². The number of carboxylic acids is 1. The first kappa shape index (κ1) is 15.5. The maximum atomic E-state index is 11.8. The zero-order valence-electron chi connectivity index (χ0n) is 13.8. The van der Waals surface area contributed by atoms with Crippen LogP contribution < -0.4 is 5.32 Å². The summed E-state index contributed by atoms with van der Waals surface area (Å²) in [7, 11) is 0. The predicted octanol–water partition coefficient (Wildman–Crippen LogP) is 4.37. The van der Waals surface area contributed by atoms with Gasteiger partial charge in [0.05, 0.1) is 0 Å². The van der Waals surface area contributed by atoms with Gasteiger partial charge in [-0.2, -0.15) is 0 Å². The van der Waals surface area contributed by atoms with E-state index in [0.29, 0.717) is 6.42 Å². The van der Waals surface area contributed by atoms with Crippen LogP contribution in [0.1, 0.15) is 16.7 Å². The minimum Gasteiger partial charge on any atom is -0.480 e. The molecule has 1 aliphatic rings. The average molecular weight is 329 g/mol. The lowest BCUT2D eigenvalue weighted by molar-refractivity contribution is -0.137. The van der Waals surface area contributed by atoms with Gasteiger partial charge in [-0.15, -0.1) is 0 Å². The number of benzene rings is 3. The third kappa shape index (κ3) is 3.01. The van der Waals surface area contributed by atoms with Crippen molar-refractivity contribution in [1.29, 1.82) is 0 Å². The summed E-state index contributed by atoms with van der Waals surface area (Å²) in [4.78, 5) is 11.8. The zero-order chi connectivity index (χ0) is 17.2. The average Bonchev–Trinajstić information content (AvgIpc) is 3.02. The van der Waals surface area contributed by atoms with Crippen molar-refractivity contribution in [2.24, 2.45) is 0 Å². The van der Waals surface area contributed by atoms with Crippen LogP contribution in [0.25, 0.3) is 11.1 Å². The Hall–Kier alpha value is -3.07. The lowest BCUT2D eigenvalue weighted by Gasteiger charge is -2.18. The van der Waals surface area contributed by atoms with E-state index >= 15 is 0 Å². The van der Waals surface area contributed by atoms with E-state index < -0.39 is 12.0 Å². The lowest BCUT2D eigenvalue weighted by Crippen LogP contribution is -2.31. The standard InChI is InChI=1S/C22H19NO2/c24-22(25)21(13-15-7-2-1-3-8-15)23-20-12-6-11-18-17-10-5-4-9-16(17)14-19(18)20/h1-12,21,23H,13-14H2,(H,24,25)/t21-/m1/s1. The van der Waals surface area contributed by atoms with E-state index in [0.717, 1.165) is 17.7 Å². The van der Waals surface area contributed by atoms with Gasteiger partial charge < -0.3 is 10.4 Å². The van der Waals surface area contributed by atoms with E-state index in [-0.39, 0.29) is 0 Å². The summed E-state index contributed by atoms with van der Waals surface area (Å²) in [6, 6.07) is 23.5. The molecule has 3 aromatic rings. The van der Waals surface area contributed by atoms with Crippen molar-refractivity contribution in [1.82, 2.24) is 0 Å². The van der Waals surface area contributed by atoms with E-state index in [1.165, 1.54) is 22.3 Å². The molecule has 4 rings (SSSR count). The third-order valence-corrected chi connectivity index (χ3v) is 4.76. The molecule has 2 N–H and O–H groups in total. The van der Waals surface area contributed by atoms with E-state index in [1.807, 2.05) is 54.6 Å². The quantitative estimate of drug-likeness (QED) is 0.572. The Balaban J connectivity index is 1.63. The Morgan fingerprint density at radius 3 is 2.44 bits per heavy atom. The highest BCUT2D eigenvalue weighted by Crippen LogP contribution is 2.40. The number of hydrogen-bond acceptors (Lipinski definition) is 2. The minimum absolute atomic E-state index is 0.451. The molecular formula is C22H19NO2. The molecule has 25 heavy (non-hydrogen) atoms. The number of aliphatic carboxylic acids is 1. The number of rotatable bonds is 5. The predicted molar refractivity (Wildman–Crippen MR) is 99.9 cm³/mol. The van der Waals surface area contributed by atoms with Crippen LogP contribution >= 0.6 is 0 Å². The summed E-state index contributed by atoms with van der Waals surface area (Å²) in [5.41, 5.74) is 6.85. The van der Waals surface area contributed by atoms with Crippen LogP contribution in [-0.4, -0.2) is 17.1 Å². The van der Waals surface area contributed by atoms with Crippen molar-refractivity contribution in [2.75, 3.05) is 5.32 Å². The molecule has 0 radical (unpaired) electrons. The summed E-state index contributed by atoms with van der Waals surface area (Å²) in [5.74, 6) is -0.836. The molecule has 3 aromatic carbocycles. The number of carbonyl (C=O) groups is 1. The first-order valence-corrected chi connectivity index (χ1v) is 8.46. The van der Waals surface area contributed by atoms with Gasteiger partial charge in [0.2, 0.25) is 0 Å². The zero-order valence-corrected chi connectivity index (χ0v) is 13.8. The SMILES string of the molecule is O=C(O)[C@@H](Cc1ccccc1)Nc1cccc2c1Cc1ccccc1-2. The highest BCUT2D eigenvalue weighted by atomic mass is 16.4. The fourth-order valence-electron chi connectivity index (χ4n) is 3.53. The molecule has 0 spiro atoms. The Labute approximate surface area is 147 Å². The van der Waals surface area contributed by atoms with Crippen LogP contribution in [0.4, 0.5) is 5.69 Å². The maximum Gasteiger partial charge on any atom is 0.326 e. The first-order valence-electron chi connectivity index (χ1n) is 8.46. The van der Waals surface area contributed by atoms with Gasteiger partial charge in [0.15, 0.2) is 0 Å². The molecule has 0 unspecified atom stereocenters. The molecule has 1 atom stereocenters. The second-order valence-electron chi connectivity index (χ2n) is 6.39. The van der Waals surface area contributed by atoms with Crippen molar-refractivity contribution in [3.05, 3.63) is 89.5 Å². The Kier molecular flexibility index (Phi) is 3.98. The molecule has 0 fully saturated rings. The van der Waals surface area contributed by atoms with Crippen molar-refractivity contribution < 1.29 is 9.90 Å². The van der Waals surface area contributed by atoms with Crippen LogP contribution in [0.5, 0.6) is 0 Å². The largest absolute Gasteiger partial charge is 0.480 e. The number of hydrogen-bond donors (Lipinski definition) is 2. The van der Waals surface area contributed by atoms with Gasteiger partial charge in [-0.3, -0.25) is 0 Å². The van der Waals surface area contributed by atoms with Gasteiger partial charge in [-0.1, -0.05) is 66.7 Å². The van der Waals surface area contributed by atoms with Crippen LogP contribution in [0, 0.1) is 0 Å². The lowest BCUT2D eigenvalue weighted by atomic mass is 10.0. The van der Waals surface area contributed by atoms with Gasteiger partial charge in [0.25, 0.3) is 0 Å². The number of fused-ring (bicyclic) bond motifs is 3. The van der Waals surface area contributed by atoms with Crippen molar-refractivity contribution >= 4 is 11.7 Å². The highest BCUT2D eigenvalue weighted by Gasteiger charge is 2.24. The molecule has 0 saturated carbocycles. The minimum atomic E-state index is -0.836. The Bertz CT molecular complexity index is 918. The summed E-state index contributed by atoms with van der Waals surface area (Å²) in [6.07, 6.45) is 1.29. The van der Waals surface area contributed by atoms with Gasteiger partial charge in [-0.25, -0.2) is 4.79 Å². The molecule has 3 heteroatoms. The van der Waals surface area contributed by atoms with Gasteiger partial charge in [-0.05, 0) is 33.9 Å². The summed E-state index contributed by atoms with van der Waals surface area (Å²) in [5, 5.41) is 12.9. The van der Waals surface area contributed by atoms with Crippen molar-refractivity contribution in [3.63, 3.8) is 0 Å². The van der Waals surface area contributed by atoms with Gasteiger partial charge in [0, 0.05) is 18.5 Å². The summed E-state index contributed by atoms with van der Waals surface area (Å²) >= 11 is 0. The van der Waals surface area contributed by atoms with E-state index in [9.17, 15) is 9.90 Å². The van der Waals surface area contributed by atoms with Crippen LogP contribution in [0.3, 0.4) is 0 Å². The molecule has 0 aromatic heterocycles. The molecule has 124 valence electrons. The second kappa shape index (κ2) is 6.44. The topological polar surface area (TPSA) is 49.3 Å². The molecule has 0 saturated heterocycles. The second-order valence-corrected chi connectivity index (χ2v) is 6.39. The van der Waals surface area contributed by atoms with Crippen LogP contribution in [0.2, 0.25) is 0 Å². The number of anilines is 1. The molecule has 0 aliphatic heterocycles. The Morgan fingerprint density at radius 2 is 1.64 bits per heavy atom. The number of nitrogens with one attached hydrogen (secondary N) is 1. The number of carboxylic acid groups (broad SMARTS) is 1. The molecule has 0 heterocycles. The molecular weight excluding hydrogens is 310 g/mol. The summed E-state index contributed by atoms with van der Waals surface area (Å²) < 4.78 is 0. The van der Waals surface area contributed by atoms with E-state index in [2.05, 4.69) is 23.5 Å². The monoisotopic (exact) mass is 329 g/mol. The molecule has 0 bridgehead atoms. The molecule has 1 aliphatic carbocycles. The first-order chi connectivity index (χ1) is 12.2. The van der Waals surface area contributed by atoms with Crippen LogP contribution in [-0.2, 0) is 17.6 Å². The van der Waals surface area contributed by atoms with Crippen molar-refractivity contribution in [2.45, 2.75) is 18.9 Å². The van der Waals surface area contributed by atoms with Crippen molar-refractivity contribution in [3.8, 4) is 11.1 Å². The van der Waals surface area contributed by atoms with E-state index in [1.54, 1.807) is 0 Å². The third-order valence-electron chi connectivity index (χ3n) is 4.76. The normalized spacial score (nSPS) is 13.0. The van der Waals surface area contributed by atoms with Gasteiger partial charge >= 0.3 is 5.97 Å². The maximum absolute atomic E-state index is 11.8. The highest BCUT2D eigenvalue weighted by molar-refractivity contribution is 5.84. The molecule has 0 amide bonds. The molecule has 3 nitrogen and oxygen atoms in total. The summed E-state index contributed by atoms with van der Waals surface area (Å²) in [6.45, 7) is 0.